The fraction of sp³-hybridized carbons (Fsp3) is 0.0667. The van der Waals surface area contributed by atoms with Crippen LogP contribution in [0.3, 0.4) is 0 Å². The summed E-state index contributed by atoms with van der Waals surface area (Å²) in [6.07, 6.45) is 1.39. The monoisotopic (exact) mass is 323 g/mol. The second kappa shape index (κ2) is 4.95. The Morgan fingerprint density at radius 1 is 1.08 bits per heavy atom. The van der Waals surface area contributed by atoms with Crippen LogP contribution in [0.15, 0.2) is 36.5 Å². The number of imide groups is 1. The molecule has 0 bridgehead atoms. The molecule has 118 valence electrons. The number of carbonyl (C=O) groups excluding carboxylic acids is 3. The molecular weight excluding hydrogens is 314 g/mol. The second-order valence-electron chi connectivity index (χ2n) is 5.07. The highest BCUT2D eigenvalue weighted by Gasteiger charge is 2.39. The molecule has 0 atom stereocenters. The Bertz CT molecular complexity index is 991. The van der Waals surface area contributed by atoms with Crippen molar-refractivity contribution in [2.45, 2.75) is 0 Å². The molecule has 2 aromatic heterocycles. The molecule has 1 aliphatic rings. The smallest absolute Gasteiger partial charge is 0.324 e. The van der Waals surface area contributed by atoms with Crippen LogP contribution >= 0.6 is 0 Å². The Kier molecular flexibility index (Phi) is 2.89. The third-order valence-corrected chi connectivity index (χ3v) is 3.64. The van der Waals surface area contributed by atoms with E-state index in [2.05, 4.69) is 15.3 Å². The summed E-state index contributed by atoms with van der Waals surface area (Å²) < 4.78 is 1.40. The van der Waals surface area contributed by atoms with Gasteiger partial charge in [0.15, 0.2) is 5.65 Å². The summed E-state index contributed by atoms with van der Waals surface area (Å²) in [7, 11) is 1.63. The molecule has 3 heterocycles. The second-order valence-corrected chi connectivity index (χ2v) is 5.07. The Hall–Kier alpha value is -3.62. The number of carbonyl (C=O) groups is 3. The van der Waals surface area contributed by atoms with Crippen LogP contribution in [-0.2, 0) is 11.9 Å². The van der Waals surface area contributed by atoms with E-state index in [1.54, 1.807) is 19.2 Å². The maximum Gasteiger partial charge on any atom is 0.366 e. The van der Waals surface area contributed by atoms with E-state index in [-0.39, 0.29) is 22.2 Å². The number of rotatable bonds is 2. The van der Waals surface area contributed by atoms with E-state index in [0.29, 0.717) is 10.7 Å². The topological polar surface area (TPSA) is 107 Å². The lowest BCUT2D eigenvalue weighted by Crippen LogP contribution is -2.32. The number of hydrogen-bond acceptors (Lipinski definition) is 7. The minimum absolute atomic E-state index is 0.0599. The van der Waals surface area contributed by atoms with Crippen molar-refractivity contribution in [2.24, 2.45) is 7.05 Å². The highest BCUT2D eigenvalue weighted by molar-refractivity contribution is 6.21. The Balaban J connectivity index is 1.68. The molecule has 9 nitrogen and oxygen atoms in total. The van der Waals surface area contributed by atoms with Gasteiger partial charge in [0.2, 0.25) is 0 Å². The largest absolute Gasteiger partial charge is 0.366 e. The maximum atomic E-state index is 12.4. The fourth-order valence-corrected chi connectivity index (χ4v) is 2.48. The van der Waals surface area contributed by atoms with Gasteiger partial charge in [-0.2, -0.15) is 0 Å². The molecule has 0 saturated carbocycles. The Morgan fingerprint density at radius 2 is 1.75 bits per heavy atom. The number of aromatic nitrogens is 4. The first-order chi connectivity index (χ1) is 11.6. The summed E-state index contributed by atoms with van der Waals surface area (Å²) in [6, 6.07) is 7.63. The van der Waals surface area contributed by atoms with Crippen molar-refractivity contribution < 1.29 is 19.2 Å². The van der Waals surface area contributed by atoms with Gasteiger partial charge in [-0.15, -0.1) is 5.10 Å². The van der Waals surface area contributed by atoms with Crippen LogP contribution < -0.4 is 0 Å². The number of aryl methyl sites for hydroxylation is 1. The van der Waals surface area contributed by atoms with Crippen LogP contribution in [0.2, 0.25) is 0 Å². The van der Waals surface area contributed by atoms with E-state index >= 15 is 0 Å². The summed E-state index contributed by atoms with van der Waals surface area (Å²) in [4.78, 5) is 45.9. The number of amides is 2. The fourth-order valence-electron chi connectivity index (χ4n) is 2.48. The van der Waals surface area contributed by atoms with Gasteiger partial charge < -0.3 is 4.84 Å². The van der Waals surface area contributed by atoms with E-state index in [9.17, 15) is 14.4 Å². The molecule has 0 radical (unpaired) electrons. The summed E-state index contributed by atoms with van der Waals surface area (Å²) in [6.45, 7) is 0. The molecule has 24 heavy (non-hydrogen) atoms. The lowest BCUT2D eigenvalue weighted by Gasteiger charge is -2.12. The first-order valence-corrected chi connectivity index (χ1v) is 6.92. The van der Waals surface area contributed by atoms with Crippen LogP contribution in [0.4, 0.5) is 0 Å². The summed E-state index contributed by atoms with van der Waals surface area (Å²) >= 11 is 0. The standard InChI is InChI=1S/C15H9N5O4/c1-19-12-11(17-18-19)10(6-7-16-12)15(23)24-20-13(21)8-4-2-3-5-9(8)14(20)22/h2-7H,1H3. The van der Waals surface area contributed by atoms with Gasteiger partial charge in [-0.25, -0.2) is 14.5 Å². The van der Waals surface area contributed by atoms with Gasteiger partial charge >= 0.3 is 5.97 Å². The van der Waals surface area contributed by atoms with E-state index in [4.69, 9.17) is 4.84 Å². The third kappa shape index (κ3) is 1.88. The molecular formula is C15H9N5O4. The van der Waals surface area contributed by atoms with Gasteiger partial charge in [-0.1, -0.05) is 22.4 Å². The first kappa shape index (κ1) is 14.0. The third-order valence-electron chi connectivity index (χ3n) is 3.64. The zero-order chi connectivity index (χ0) is 16.8. The number of hydroxylamine groups is 2. The minimum atomic E-state index is -0.891. The molecule has 9 heteroatoms. The van der Waals surface area contributed by atoms with E-state index < -0.39 is 17.8 Å². The van der Waals surface area contributed by atoms with E-state index in [1.807, 2.05) is 0 Å². The van der Waals surface area contributed by atoms with Gasteiger partial charge in [0.25, 0.3) is 11.8 Å². The molecule has 0 unspecified atom stereocenters. The average Bonchev–Trinajstić information content (AvgIpc) is 3.09. The van der Waals surface area contributed by atoms with Gasteiger partial charge in [0.05, 0.1) is 16.7 Å². The summed E-state index contributed by atoms with van der Waals surface area (Å²) in [5.41, 5.74) is 1.04. The van der Waals surface area contributed by atoms with Crippen LogP contribution in [0, 0.1) is 0 Å². The molecule has 0 spiro atoms. The van der Waals surface area contributed by atoms with Crippen LogP contribution in [0.5, 0.6) is 0 Å². The molecule has 0 saturated heterocycles. The molecule has 0 aliphatic carbocycles. The van der Waals surface area contributed by atoms with E-state index in [0.717, 1.165) is 0 Å². The molecule has 3 aromatic rings. The number of hydrogen-bond donors (Lipinski definition) is 0. The maximum absolute atomic E-state index is 12.4. The molecule has 0 fully saturated rings. The minimum Gasteiger partial charge on any atom is -0.324 e. The molecule has 0 N–H and O–H groups in total. The lowest BCUT2D eigenvalue weighted by molar-refractivity contribution is -0.0583. The molecule has 4 rings (SSSR count). The predicted octanol–water partition coefficient (Wildman–Crippen LogP) is 0.731. The lowest BCUT2D eigenvalue weighted by atomic mass is 10.1. The number of benzene rings is 1. The van der Waals surface area contributed by atoms with Crippen LogP contribution in [0.1, 0.15) is 31.1 Å². The quantitative estimate of drug-likeness (QED) is 0.640. The Morgan fingerprint density at radius 3 is 2.42 bits per heavy atom. The van der Waals surface area contributed by atoms with Gasteiger partial charge in [-0.05, 0) is 18.2 Å². The number of pyridine rings is 1. The predicted molar refractivity (Wildman–Crippen MR) is 78.7 cm³/mol. The number of nitrogens with zero attached hydrogens (tertiary/aromatic N) is 5. The average molecular weight is 323 g/mol. The molecule has 1 aromatic carbocycles. The van der Waals surface area contributed by atoms with E-state index in [1.165, 1.54) is 29.1 Å². The van der Waals surface area contributed by atoms with Crippen molar-refractivity contribution in [3.05, 3.63) is 53.2 Å². The Labute approximate surface area is 134 Å². The summed E-state index contributed by atoms with van der Waals surface area (Å²) in [5.74, 6) is -2.26. The summed E-state index contributed by atoms with van der Waals surface area (Å²) in [5, 5.41) is 8.09. The highest BCUT2D eigenvalue weighted by atomic mass is 16.7. The molecule has 2 amide bonds. The highest BCUT2D eigenvalue weighted by Crippen LogP contribution is 2.24. The van der Waals surface area contributed by atoms with Crippen LogP contribution in [-0.4, -0.2) is 42.8 Å². The van der Waals surface area contributed by atoms with Crippen molar-refractivity contribution in [2.75, 3.05) is 0 Å². The molecule has 1 aliphatic heterocycles. The van der Waals surface area contributed by atoms with Crippen molar-refractivity contribution in [3.63, 3.8) is 0 Å². The van der Waals surface area contributed by atoms with Crippen LogP contribution in [0.25, 0.3) is 11.2 Å². The normalized spacial score (nSPS) is 13.5. The first-order valence-electron chi connectivity index (χ1n) is 6.92. The SMILES string of the molecule is Cn1nnc2c(C(=O)ON3C(=O)c4ccccc4C3=O)ccnc21. The zero-order valence-corrected chi connectivity index (χ0v) is 12.3. The van der Waals surface area contributed by atoms with Gasteiger partial charge in [-0.3, -0.25) is 9.59 Å². The number of fused-ring (bicyclic) bond motifs is 2. The zero-order valence-electron chi connectivity index (χ0n) is 12.3. The van der Waals surface area contributed by atoms with Crippen molar-refractivity contribution in [1.29, 1.82) is 0 Å². The van der Waals surface area contributed by atoms with Crippen molar-refractivity contribution in [1.82, 2.24) is 25.0 Å². The van der Waals surface area contributed by atoms with Crippen molar-refractivity contribution >= 4 is 28.9 Å². The van der Waals surface area contributed by atoms with Gasteiger partial charge in [0, 0.05) is 13.2 Å². The van der Waals surface area contributed by atoms with Gasteiger partial charge in [0.1, 0.15) is 5.52 Å². The van der Waals surface area contributed by atoms with Crippen molar-refractivity contribution in [3.8, 4) is 0 Å².